The van der Waals surface area contributed by atoms with Gasteiger partial charge in [0.05, 0.1) is 73.5 Å². The molecule has 77 heavy (non-hydrogen) atoms. The zero-order valence-electron chi connectivity index (χ0n) is 45.0. The number of aliphatic hydroxyl groups is 5. The molecule has 5 rings (SSSR count). The predicted molar refractivity (Wildman–Crippen MR) is 281 cm³/mol. The first-order valence-corrected chi connectivity index (χ1v) is 26.6. The fraction of sp³-hybridized carbons (Fsp3) is 0.632. The Morgan fingerprint density at radius 2 is 1.30 bits per heavy atom. The topological polar surface area (TPSA) is 266 Å². The van der Waals surface area contributed by atoms with Crippen LogP contribution in [0.1, 0.15) is 79.1 Å². The maximum absolute atomic E-state index is 13.8. The van der Waals surface area contributed by atoms with Crippen molar-refractivity contribution in [1.29, 1.82) is 0 Å². The number of carbonyl (C=O) groups excluding carboxylic acids is 3. The molecule has 0 radical (unpaired) electrons. The van der Waals surface area contributed by atoms with Gasteiger partial charge in [0, 0.05) is 51.0 Å². The summed E-state index contributed by atoms with van der Waals surface area (Å²) in [6.45, 7) is 13.8. The first-order valence-electron chi connectivity index (χ1n) is 26.6. The lowest BCUT2D eigenvalue weighted by Gasteiger charge is -2.48. The van der Waals surface area contributed by atoms with E-state index in [1.54, 1.807) is 44.2 Å². The number of allylic oxidation sites excluding steroid dienone is 12. The lowest BCUT2D eigenvalue weighted by Crippen LogP contribution is -2.64. The fourth-order valence-electron chi connectivity index (χ4n) is 9.80. The van der Waals surface area contributed by atoms with Gasteiger partial charge in [0.1, 0.15) is 51.0 Å². The monoisotopic (exact) mass is 1090 g/mol. The van der Waals surface area contributed by atoms with E-state index in [1.807, 2.05) is 68.5 Å². The van der Waals surface area contributed by atoms with E-state index in [2.05, 4.69) is 18.5 Å². The van der Waals surface area contributed by atoms with Gasteiger partial charge in [-0.1, -0.05) is 124 Å². The Hall–Kier alpha value is -4.65. The molecule has 5 heterocycles. The van der Waals surface area contributed by atoms with Crippen molar-refractivity contribution in [1.82, 2.24) is 5.32 Å². The Morgan fingerprint density at radius 1 is 0.688 bits per heavy atom. The van der Waals surface area contributed by atoms with E-state index >= 15 is 0 Å². The number of amides is 1. The Morgan fingerprint density at radius 3 is 1.96 bits per heavy atom. The Balaban J connectivity index is 1.42. The molecule has 4 fully saturated rings. The van der Waals surface area contributed by atoms with Crippen LogP contribution in [0.5, 0.6) is 0 Å². The van der Waals surface area contributed by atoms with Gasteiger partial charge in [0.25, 0.3) is 0 Å². The highest BCUT2D eigenvalue weighted by atomic mass is 16.7. The molecule has 0 spiro atoms. The van der Waals surface area contributed by atoms with Crippen molar-refractivity contribution in [2.75, 3.05) is 33.9 Å². The molecule has 0 aromatic rings. The number of carbonyl (C=O) groups is 3. The van der Waals surface area contributed by atoms with E-state index in [1.165, 1.54) is 19.3 Å². The van der Waals surface area contributed by atoms with Crippen LogP contribution < -0.4 is 5.32 Å². The standard InChI is InChI=1S/C57H83NO19/c1-8-26-68-54(65)49-45(60)33-57(67-7)32-43-30-46(73-35-72-43)44(59)25-24-40-28-42(71-34-70-40)31-48(61)74-38(5)37(4)51(62)36(3)22-20-18-16-14-12-10-11-13-15-17-19-21-23-41(29-47(49)77-57)76-55-53(64)50(52(63)39(6)75-55)58-56(66)69-27-9-2/h8-23,36-47,49-53,55,59-60,62-64H,1-2,24-35H2,3-7H3,(H,58,66)/b11-10+,14-12+,15-13+,18-16+,19-17+,22-20+,23-21+/t36?,37-,38-,39+,40+,41-,42+,43-,44+,45-,46+,47?,49+,50-,51+,52+,53-,55-,57+/m0/s1. The maximum atomic E-state index is 13.8. The quantitative estimate of drug-likeness (QED) is 0.101. The van der Waals surface area contributed by atoms with Gasteiger partial charge in [-0.15, -0.1) is 0 Å². The summed E-state index contributed by atoms with van der Waals surface area (Å²) >= 11 is 0. The van der Waals surface area contributed by atoms with E-state index in [-0.39, 0.29) is 83.3 Å². The van der Waals surface area contributed by atoms with E-state index in [0.29, 0.717) is 12.8 Å². The molecule has 0 aromatic heterocycles. The minimum Gasteiger partial charge on any atom is -0.462 e. The fourth-order valence-corrected chi connectivity index (χ4v) is 9.80. The van der Waals surface area contributed by atoms with Crippen LogP contribution in [0.4, 0.5) is 4.79 Å². The molecular weight excluding hydrogens is 1000 g/mol. The molecule has 0 aromatic carbocycles. The second-order valence-corrected chi connectivity index (χ2v) is 20.1. The van der Waals surface area contributed by atoms with E-state index in [4.69, 9.17) is 52.1 Å². The van der Waals surface area contributed by atoms with E-state index < -0.39 is 115 Å². The first kappa shape index (κ1) is 63.2. The van der Waals surface area contributed by atoms with E-state index in [0.717, 1.165) is 0 Å². The van der Waals surface area contributed by atoms with Gasteiger partial charge in [-0.2, -0.15) is 0 Å². The minimum absolute atomic E-state index is 0.00652. The number of fused-ring (bicyclic) bond motifs is 6. The predicted octanol–water partition coefficient (Wildman–Crippen LogP) is 5.00. The normalized spacial score (nSPS) is 41.4. The molecule has 20 nitrogen and oxygen atoms in total. The van der Waals surface area contributed by atoms with Crippen LogP contribution in [0, 0.1) is 17.8 Å². The van der Waals surface area contributed by atoms with Crippen molar-refractivity contribution in [2.24, 2.45) is 17.8 Å². The molecular formula is C57H83NO19. The number of aliphatic hydroxyl groups excluding tert-OH is 5. The highest BCUT2D eigenvalue weighted by Crippen LogP contribution is 2.42. The van der Waals surface area contributed by atoms with Crippen LogP contribution in [-0.4, -0.2) is 175 Å². The average molecular weight is 1090 g/mol. The average Bonchev–Trinajstić information content (AvgIpc) is 3.40. The number of cyclic esters (lactones) is 1. The molecule has 6 N–H and O–H groups in total. The maximum Gasteiger partial charge on any atom is 0.407 e. The second kappa shape index (κ2) is 32.4. The summed E-state index contributed by atoms with van der Waals surface area (Å²) in [5.41, 5.74) is 0. The Kier molecular flexibility index (Phi) is 26.6. The van der Waals surface area contributed by atoms with E-state index in [9.17, 15) is 39.9 Å². The van der Waals surface area contributed by atoms with Crippen molar-refractivity contribution in [3.63, 3.8) is 0 Å². The molecule has 5 aliphatic heterocycles. The minimum atomic E-state index is -1.63. The van der Waals surface area contributed by atoms with Crippen molar-refractivity contribution in [3.05, 3.63) is 110 Å². The van der Waals surface area contributed by atoms with Gasteiger partial charge < -0.3 is 83.0 Å². The SMILES string of the molecule is C=CCOC(=O)N[C@@H]1[C@H](O)[C@H](O[C@H]2/C=C/C=C/C=C/C=C/C=C/C=C/C=C/C(C)[C@@H](O)[C@@H](C)[C@H](C)OC(=O)C[C@H]3C[C@@H](CC[C@@H](O)[C@H]4C[C@@H](C[C@]5(OC)C[C@H](O)[C@@H](C(=O)OCC=C)C(C2)O5)OCO4)OCO3)O[C@H](C)[C@H]1O. The van der Waals surface area contributed by atoms with Gasteiger partial charge in [-0.25, -0.2) is 4.79 Å². The van der Waals surface area contributed by atoms with Gasteiger partial charge in [0.2, 0.25) is 0 Å². The summed E-state index contributed by atoms with van der Waals surface area (Å²) < 4.78 is 65.1. The number of rotatable bonds is 9. The number of esters is 2. The summed E-state index contributed by atoms with van der Waals surface area (Å²) in [5, 5.41) is 59.5. The molecule has 20 heteroatoms. The summed E-state index contributed by atoms with van der Waals surface area (Å²) in [6, 6.07) is -1.29. The molecule has 6 bridgehead atoms. The van der Waals surface area contributed by atoms with Crippen LogP contribution >= 0.6 is 0 Å². The van der Waals surface area contributed by atoms with Crippen molar-refractivity contribution in [3.8, 4) is 0 Å². The molecule has 2 unspecified atom stereocenters. The molecule has 5 aliphatic rings. The number of nitrogens with one attached hydrogen (secondary N) is 1. The number of ether oxygens (including phenoxy) is 11. The highest BCUT2D eigenvalue weighted by molar-refractivity contribution is 5.74. The Labute approximate surface area is 452 Å². The van der Waals surface area contributed by atoms with Gasteiger partial charge in [-0.05, 0) is 26.7 Å². The third-order valence-electron chi connectivity index (χ3n) is 14.4. The van der Waals surface area contributed by atoms with Crippen LogP contribution in [0.2, 0.25) is 0 Å². The lowest BCUT2D eigenvalue weighted by molar-refractivity contribution is -0.324. The second-order valence-electron chi connectivity index (χ2n) is 20.1. The zero-order chi connectivity index (χ0) is 55.9. The number of hydrogen-bond acceptors (Lipinski definition) is 19. The third-order valence-corrected chi connectivity index (χ3v) is 14.4. The zero-order valence-corrected chi connectivity index (χ0v) is 45.0. The van der Waals surface area contributed by atoms with Gasteiger partial charge in [0.15, 0.2) is 12.1 Å². The van der Waals surface area contributed by atoms with Gasteiger partial charge in [-0.3, -0.25) is 9.59 Å². The van der Waals surface area contributed by atoms with Crippen LogP contribution in [0.15, 0.2) is 110 Å². The van der Waals surface area contributed by atoms with Crippen molar-refractivity contribution < 1.29 is 92.0 Å². The van der Waals surface area contributed by atoms with Crippen LogP contribution in [0.25, 0.3) is 0 Å². The third kappa shape index (κ3) is 19.9. The summed E-state index contributed by atoms with van der Waals surface area (Å²) in [7, 11) is 1.41. The largest absolute Gasteiger partial charge is 0.462 e. The number of methoxy groups -OCH3 is 1. The first-order chi connectivity index (χ1) is 37.0. The molecule has 430 valence electrons. The molecule has 4 saturated heterocycles. The summed E-state index contributed by atoms with van der Waals surface area (Å²) in [5.74, 6) is -4.62. The highest BCUT2D eigenvalue weighted by Gasteiger charge is 2.53. The number of alkyl carbamates (subject to hydrolysis) is 1. The molecule has 0 aliphatic carbocycles. The van der Waals surface area contributed by atoms with Gasteiger partial charge >= 0.3 is 18.0 Å². The molecule has 1 amide bonds. The molecule has 0 saturated carbocycles. The molecule has 19 atom stereocenters. The summed E-state index contributed by atoms with van der Waals surface area (Å²) in [4.78, 5) is 39.5. The van der Waals surface area contributed by atoms with Crippen molar-refractivity contribution >= 4 is 18.0 Å². The Bertz CT molecular complexity index is 2070. The van der Waals surface area contributed by atoms with Crippen LogP contribution in [-0.2, 0) is 61.7 Å². The van der Waals surface area contributed by atoms with Crippen molar-refractivity contribution in [2.45, 2.75) is 177 Å². The number of hydrogen-bond donors (Lipinski definition) is 6. The summed E-state index contributed by atoms with van der Waals surface area (Å²) in [6.07, 6.45) is 14.8. The smallest absolute Gasteiger partial charge is 0.407 e. The lowest BCUT2D eigenvalue weighted by atomic mass is 9.82. The van der Waals surface area contributed by atoms with Crippen LogP contribution in [0.3, 0.4) is 0 Å².